The monoisotopic (exact) mass is 223 g/mol. The second-order valence-electron chi connectivity index (χ2n) is 3.72. The zero-order valence-electron chi connectivity index (χ0n) is 9.55. The number of ether oxygens (including phenoxy) is 2. The molecular weight excluding hydrogens is 206 g/mol. The highest BCUT2D eigenvalue weighted by Gasteiger charge is 2.16. The molecule has 0 bridgehead atoms. The van der Waals surface area contributed by atoms with Crippen LogP contribution in [0.15, 0.2) is 30.3 Å². The molecular formula is C12H17NO3. The van der Waals surface area contributed by atoms with Crippen LogP contribution in [-0.4, -0.2) is 24.7 Å². The van der Waals surface area contributed by atoms with Gasteiger partial charge >= 0.3 is 5.97 Å². The third kappa shape index (κ3) is 4.31. The topological polar surface area (TPSA) is 61.5 Å². The zero-order chi connectivity index (χ0) is 12.0. The van der Waals surface area contributed by atoms with E-state index in [1.165, 1.54) is 0 Å². The lowest BCUT2D eigenvalue weighted by atomic mass is 10.3. The molecule has 1 rings (SSSR count). The van der Waals surface area contributed by atoms with Gasteiger partial charge in [-0.25, -0.2) is 0 Å². The Morgan fingerprint density at radius 3 is 2.50 bits per heavy atom. The van der Waals surface area contributed by atoms with Crippen molar-refractivity contribution in [2.75, 3.05) is 6.61 Å². The van der Waals surface area contributed by atoms with E-state index in [-0.39, 0.29) is 12.7 Å². The molecule has 0 aliphatic rings. The maximum Gasteiger partial charge on any atom is 0.326 e. The van der Waals surface area contributed by atoms with E-state index in [1.807, 2.05) is 18.2 Å². The highest BCUT2D eigenvalue weighted by Crippen LogP contribution is 2.08. The van der Waals surface area contributed by atoms with E-state index in [9.17, 15) is 4.79 Å². The first-order chi connectivity index (χ1) is 7.59. The average molecular weight is 223 g/mol. The van der Waals surface area contributed by atoms with Crippen molar-refractivity contribution in [3.8, 4) is 5.75 Å². The van der Waals surface area contributed by atoms with E-state index in [0.29, 0.717) is 5.75 Å². The van der Waals surface area contributed by atoms with Crippen LogP contribution < -0.4 is 10.5 Å². The first-order valence-electron chi connectivity index (χ1n) is 5.23. The number of hydrogen-bond acceptors (Lipinski definition) is 4. The normalized spacial score (nSPS) is 12.2. The minimum atomic E-state index is -0.748. The highest BCUT2D eigenvalue weighted by atomic mass is 16.5. The van der Waals surface area contributed by atoms with Crippen molar-refractivity contribution in [2.24, 2.45) is 5.73 Å². The third-order valence-electron chi connectivity index (χ3n) is 1.83. The predicted octanol–water partition coefficient (Wildman–Crippen LogP) is 1.34. The van der Waals surface area contributed by atoms with Crippen LogP contribution in [0.2, 0.25) is 0 Å². The molecule has 0 spiro atoms. The Hall–Kier alpha value is -1.55. The van der Waals surface area contributed by atoms with Crippen LogP contribution in [0.4, 0.5) is 0 Å². The van der Waals surface area contributed by atoms with Gasteiger partial charge in [-0.2, -0.15) is 0 Å². The van der Waals surface area contributed by atoms with Crippen LogP contribution in [0.1, 0.15) is 13.8 Å². The molecule has 0 fully saturated rings. The Kier molecular flexibility index (Phi) is 4.79. The summed E-state index contributed by atoms with van der Waals surface area (Å²) in [5.41, 5.74) is 5.61. The molecule has 0 radical (unpaired) electrons. The minimum Gasteiger partial charge on any atom is -0.491 e. The smallest absolute Gasteiger partial charge is 0.326 e. The molecule has 1 aromatic rings. The Balaban J connectivity index is 2.35. The van der Waals surface area contributed by atoms with Crippen LogP contribution in [0.25, 0.3) is 0 Å². The number of hydrogen-bond donors (Lipinski definition) is 1. The molecule has 0 amide bonds. The van der Waals surface area contributed by atoms with Crippen molar-refractivity contribution in [3.63, 3.8) is 0 Å². The average Bonchev–Trinajstić information content (AvgIpc) is 2.26. The number of nitrogens with two attached hydrogens (primary N) is 1. The standard InChI is InChI=1S/C12H17NO3/c1-9(2)16-12(14)11(13)8-15-10-6-4-3-5-7-10/h3-7,9,11H,8,13H2,1-2H3/t11-/m0/s1. The molecule has 2 N–H and O–H groups in total. The van der Waals surface area contributed by atoms with Gasteiger partial charge in [-0.05, 0) is 26.0 Å². The third-order valence-corrected chi connectivity index (χ3v) is 1.83. The molecule has 88 valence electrons. The van der Waals surface area contributed by atoms with Crippen molar-refractivity contribution < 1.29 is 14.3 Å². The second kappa shape index (κ2) is 6.12. The Labute approximate surface area is 95.3 Å². The number of carbonyl (C=O) groups is 1. The number of benzene rings is 1. The van der Waals surface area contributed by atoms with Crippen molar-refractivity contribution in [2.45, 2.75) is 26.0 Å². The number of rotatable bonds is 5. The zero-order valence-corrected chi connectivity index (χ0v) is 9.55. The van der Waals surface area contributed by atoms with Gasteiger partial charge in [0.2, 0.25) is 0 Å². The van der Waals surface area contributed by atoms with Gasteiger partial charge in [-0.3, -0.25) is 4.79 Å². The number of carbonyl (C=O) groups excluding carboxylic acids is 1. The van der Waals surface area contributed by atoms with E-state index in [1.54, 1.807) is 26.0 Å². The summed E-state index contributed by atoms with van der Waals surface area (Å²) in [6.45, 7) is 3.68. The summed E-state index contributed by atoms with van der Waals surface area (Å²) in [5.74, 6) is 0.251. The SMILES string of the molecule is CC(C)OC(=O)[C@@H](N)COc1ccccc1. The van der Waals surface area contributed by atoms with Crippen LogP contribution in [-0.2, 0) is 9.53 Å². The molecule has 0 aliphatic carbocycles. The van der Waals surface area contributed by atoms with Gasteiger partial charge < -0.3 is 15.2 Å². The maximum absolute atomic E-state index is 11.3. The molecule has 4 heteroatoms. The molecule has 1 atom stereocenters. The highest BCUT2D eigenvalue weighted by molar-refractivity contribution is 5.75. The van der Waals surface area contributed by atoms with Gasteiger partial charge in [-0.15, -0.1) is 0 Å². The van der Waals surface area contributed by atoms with Crippen LogP contribution in [0.5, 0.6) is 5.75 Å². The quantitative estimate of drug-likeness (QED) is 0.765. The van der Waals surface area contributed by atoms with Crippen LogP contribution in [0.3, 0.4) is 0 Å². The lowest BCUT2D eigenvalue weighted by Gasteiger charge is -2.14. The second-order valence-corrected chi connectivity index (χ2v) is 3.72. The summed E-state index contributed by atoms with van der Waals surface area (Å²) < 4.78 is 10.3. The summed E-state index contributed by atoms with van der Waals surface area (Å²) in [7, 11) is 0. The van der Waals surface area contributed by atoms with Crippen molar-refractivity contribution in [1.29, 1.82) is 0 Å². The van der Waals surface area contributed by atoms with Gasteiger partial charge in [0.15, 0.2) is 0 Å². The minimum absolute atomic E-state index is 0.121. The van der Waals surface area contributed by atoms with Gasteiger partial charge in [0, 0.05) is 0 Å². The van der Waals surface area contributed by atoms with Crippen molar-refractivity contribution in [3.05, 3.63) is 30.3 Å². The molecule has 0 saturated heterocycles. The summed E-state index contributed by atoms with van der Waals surface area (Å²) >= 11 is 0. The van der Waals surface area contributed by atoms with Crippen molar-refractivity contribution >= 4 is 5.97 Å². The first-order valence-corrected chi connectivity index (χ1v) is 5.23. The molecule has 0 saturated carbocycles. The Morgan fingerprint density at radius 2 is 1.94 bits per heavy atom. The van der Waals surface area contributed by atoms with E-state index in [2.05, 4.69) is 0 Å². The fourth-order valence-corrected chi connectivity index (χ4v) is 1.09. The Bertz CT molecular complexity index is 324. The van der Waals surface area contributed by atoms with E-state index in [0.717, 1.165) is 0 Å². The lowest BCUT2D eigenvalue weighted by Crippen LogP contribution is -2.38. The number of para-hydroxylation sites is 1. The van der Waals surface area contributed by atoms with E-state index < -0.39 is 12.0 Å². The summed E-state index contributed by atoms with van der Waals surface area (Å²) in [5, 5.41) is 0. The molecule has 1 aromatic carbocycles. The maximum atomic E-state index is 11.3. The molecule has 0 unspecified atom stereocenters. The van der Waals surface area contributed by atoms with Crippen molar-refractivity contribution in [1.82, 2.24) is 0 Å². The van der Waals surface area contributed by atoms with E-state index in [4.69, 9.17) is 15.2 Å². The predicted molar refractivity (Wildman–Crippen MR) is 61.1 cm³/mol. The van der Waals surface area contributed by atoms with Gasteiger partial charge in [0.25, 0.3) is 0 Å². The summed E-state index contributed by atoms with van der Waals surface area (Å²) in [4.78, 5) is 11.3. The van der Waals surface area contributed by atoms with E-state index >= 15 is 0 Å². The molecule has 0 aliphatic heterocycles. The molecule has 0 aromatic heterocycles. The fraction of sp³-hybridized carbons (Fsp3) is 0.417. The lowest BCUT2D eigenvalue weighted by molar-refractivity contribution is -0.149. The number of esters is 1. The Morgan fingerprint density at radius 1 is 1.31 bits per heavy atom. The first kappa shape index (κ1) is 12.5. The molecule has 4 nitrogen and oxygen atoms in total. The largest absolute Gasteiger partial charge is 0.491 e. The summed E-state index contributed by atoms with van der Waals surface area (Å²) in [6.07, 6.45) is -0.157. The molecule has 0 heterocycles. The van der Waals surface area contributed by atoms with Crippen LogP contribution in [0, 0.1) is 0 Å². The summed E-state index contributed by atoms with van der Waals surface area (Å²) in [6, 6.07) is 8.46. The van der Waals surface area contributed by atoms with Gasteiger partial charge in [0.1, 0.15) is 18.4 Å². The van der Waals surface area contributed by atoms with Crippen LogP contribution >= 0.6 is 0 Å². The van der Waals surface area contributed by atoms with Gasteiger partial charge in [-0.1, -0.05) is 18.2 Å². The fourth-order valence-electron chi connectivity index (χ4n) is 1.09. The molecule has 16 heavy (non-hydrogen) atoms. The van der Waals surface area contributed by atoms with Gasteiger partial charge in [0.05, 0.1) is 6.10 Å².